The Hall–Kier alpha value is -3.00. The molecule has 2 N–H and O–H groups in total. The summed E-state index contributed by atoms with van der Waals surface area (Å²) in [4.78, 5) is 5.96. The highest BCUT2D eigenvalue weighted by atomic mass is 19.1. The van der Waals surface area contributed by atoms with Gasteiger partial charge in [0.15, 0.2) is 5.82 Å². The molecule has 0 spiro atoms. The van der Waals surface area contributed by atoms with Gasteiger partial charge < -0.3 is 19.9 Å². The quantitative estimate of drug-likeness (QED) is 0.671. The number of alkyl halides is 1. The maximum absolute atomic E-state index is 15.5. The fourth-order valence-electron chi connectivity index (χ4n) is 5.09. The van der Waals surface area contributed by atoms with Crippen molar-refractivity contribution in [2.24, 2.45) is 5.41 Å². The molecular weight excluding hydrogens is 395 g/mol. The van der Waals surface area contributed by atoms with Gasteiger partial charge in [0.2, 0.25) is 0 Å². The second kappa shape index (κ2) is 7.02. The smallest absolute Gasteiger partial charge is 0.151 e. The summed E-state index contributed by atoms with van der Waals surface area (Å²) in [5, 5.41) is 22.6. The maximum atomic E-state index is 15.5. The number of hydrogen-bond acceptors (Lipinski definition) is 6. The molecule has 0 radical (unpaired) electrons. The molecule has 3 fully saturated rings. The normalized spacial score (nSPS) is 29.8. The fourth-order valence-corrected chi connectivity index (χ4v) is 5.09. The van der Waals surface area contributed by atoms with Crippen LogP contribution < -0.4 is 10.2 Å². The van der Waals surface area contributed by atoms with E-state index < -0.39 is 11.7 Å². The minimum Gasteiger partial charge on any atom is -0.507 e. The van der Waals surface area contributed by atoms with Crippen molar-refractivity contribution in [1.82, 2.24) is 25.1 Å². The third-order valence-electron chi connectivity index (χ3n) is 7.20. The lowest BCUT2D eigenvalue weighted by molar-refractivity contribution is -0.0411. The summed E-state index contributed by atoms with van der Waals surface area (Å²) in [7, 11) is 1.90. The predicted octanol–water partition coefficient (Wildman–Crippen LogP) is 3.34. The Morgan fingerprint density at radius 2 is 2.03 bits per heavy atom. The van der Waals surface area contributed by atoms with Crippen LogP contribution in [0.1, 0.15) is 26.7 Å². The largest absolute Gasteiger partial charge is 0.507 e. The Morgan fingerprint density at radius 1 is 1.19 bits per heavy atom. The average molecular weight is 423 g/mol. The van der Waals surface area contributed by atoms with E-state index >= 15 is 4.39 Å². The molecule has 0 unspecified atom stereocenters. The molecule has 4 atom stereocenters. The third-order valence-corrected chi connectivity index (χ3v) is 7.20. The molecule has 1 aromatic carbocycles. The molecule has 2 aliphatic heterocycles. The van der Waals surface area contributed by atoms with Crippen LogP contribution in [0.25, 0.3) is 16.9 Å². The molecule has 7 nitrogen and oxygen atoms in total. The Kier molecular flexibility index (Phi) is 4.51. The number of rotatable bonds is 4. The zero-order chi connectivity index (χ0) is 21.8. The highest BCUT2D eigenvalue weighted by Crippen LogP contribution is 2.49. The summed E-state index contributed by atoms with van der Waals surface area (Å²) < 4.78 is 17.3. The van der Waals surface area contributed by atoms with Crippen molar-refractivity contribution < 1.29 is 9.50 Å². The van der Waals surface area contributed by atoms with Crippen LogP contribution >= 0.6 is 0 Å². The number of nitrogens with zero attached hydrogens (tertiary/aromatic N) is 5. The molecule has 1 aliphatic carbocycles. The van der Waals surface area contributed by atoms with E-state index in [9.17, 15) is 5.11 Å². The Labute approximate surface area is 180 Å². The van der Waals surface area contributed by atoms with Gasteiger partial charge in [-0.15, -0.1) is 10.2 Å². The van der Waals surface area contributed by atoms with Gasteiger partial charge in [-0.2, -0.15) is 0 Å². The first-order valence-corrected chi connectivity index (χ1v) is 10.6. The van der Waals surface area contributed by atoms with E-state index in [0.717, 1.165) is 25.1 Å². The van der Waals surface area contributed by atoms with Gasteiger partial charge >= 0.3 is 0 Å². The van der Waals surface area contributed by atoms with Crippen molar-refractivity contribution >= 4 is 5.82 Å². The number of hydrogen-bond donors (Lipinski definition) is 2. The number of phenols is 1. The molecule has 2 aromatic heterocycles. The van der Waals surface area contributed by atoms with Gasteiger partial charge in [0.25, 0.3) is 0 Å². The van der Waals surface area contributed by atoms with Crippen LogP contribution in [-0.4, -0.2) is 56.2 Å². The lowest BCUT2D eigenvalue weighted by Crippen LogP contribution is -2.74. The molecule has 4 heterocycles. The molecule has 0 amide bonds. The Balaban J connectivity index is 1.40. The van der Waals surface area contributed by atoms with Gasteiger partial charge in [0.05, 0.1) is 23.8 Å². The Bertz CT molecular complexity index is 1080. The minimum atomic E-state index is -0.994. The van der Waals surface area contributed by atoms with Crippen molar-refractivity contribution in [3.63, 3.8) is 0 Å². The van der Waals surface area contributed by atoms with Crippen LogP contribution in [0.15, 0.2) is 49.1 Å². The highest BCUT2D eigenvalue weighted by molar-refractivity contribution is 5.69. The van der Waals surface area contributed by atoms with E-state index in [1.807, 2.05) is 53.9 Å². The number of benzene rings is 1. The van der Waals surface area contributed by atoms with Gasteiger partial charge in [-0.25, -0.2) is 9.37 Å². The monoisotopic (exact) mass is 422 g/mol. The van der Waals surface area contributed by atoms with Crippen LogP contribution in [0.2, 0.25) is 0 Å². The van der Waals surface area contributed by atoms with Gasteiger partial charge in [-0.1, -0.05) is 6.92 Å². The van der Waals surface area contributed by atoms with Crippen LogP contribution in [-0.2, 0) is 0 Å². The second-order valence-corrected chi connectivity index (χ2v) is 9.33. The van der Waals surface area contributed by atoms with E-state index in [2.05, 4.69) is 27.4 Å². The standard InChI is InChI=1S/C23H27FN6O/c1-22-8-9-23(2,26-13-22)20(24)21(22)29(3)19-7-6-17(27-28-19)16-5-4-15(12-18(16)31)30-11-10-25-14-30/h4-7,10-12,14,20-21,26,31H,8-9,13H2,1-3H3/t20-,21-,22-,23-/m0/s1. The van der Waals surface area contributed by atoms with Crippen molar-refractivity contribution in [2.45, 2.75) is 44.4 Å². The lowest BCUT2D eigenvalue weighted by Gasteiger charge is -2.60. The number of halogens is 1. The molecule has 8 heteroatoms. The Morgan fingerprint density at radius 3 is 2.65 bits per heavy atom. The molecule has 3 aromatic rings. The van der Waals surface area contributed by atoms with Crippen molar-refractivity contribution in [3.8, 4) is 22.7 Å². The molecule has 1 saturated carbocycles. The predicted molar refractivity (Wildman–Crippen MR) is 117 cm³/mol. The number of imidazole rings is 1. The third kappa shape index (κ3) is 3.17. The molecule has 2 saturated heterocycles. The van der Waals surface area contributed by atoms with E-state index in [1.54, 1.807) is 18.6 Å². The number of fused-ring (bicyclic) bond motifs is 3. The molecular formula is C23H27FN6O. The van der Waals surface area contributed by atoms with Crippen molar-refractivity contribution in [1.29, 1.82) is 0 Å². The topological polar surface area (TPSA) is 79.1 Å². The first-order chi connectivity index (χ1) is 14.8. The number of anilines is 1. The number of phenolic OH excluding ortho intramolecular Hbond substituents is 1. The van der Waals surface area contributed by atoms with E-state index in [-0.39, 0.29) is 17.2 Å². The average Bonchev–Trinajstić information content (AvgIpc) is 3.30. The van der Waals surface area contributed by atoms with Crippen LogP contribution in [0.4, 0.5) is 10.2 Å². The summed E-state index contributed by atoms with van der Waals surface area (Å²) in [6.45, 7) is 4.91. The zero-order valence-electron chi connectivity index (χ0n) is 18.0. The van der Waals surface area contributed by atoms with E-state index in [1.165, 1.54) is 0 Å². The van der Waals surface area contributed by atoms with Crippen molar-refractivity contribution in [2.75, 3.05) is 18.5 Å². The highest BCUT2D eigenvalue weighted by Gasteiger charge is 2.58. The van der Waals surface area contributed by atoms with Gasteiger partial charge in [0.1, 0.15) is 11.9 Å². The van der Waals surface area contributed by atoms with Gasteiger partial charge in [-0.3, -0.25) is 0 Å². The van der Waals surface area contributed by atoms with E-state index in [0.29, 0.717) is 17.1 Å². The molecule has 162 valence electrons. The van der Waals surface area contributed by atoms with Crippen molar-refractivity contribution in [3.05, 3.63) is 49.1 Å². The number of nitrogens with one attached hydrogen (secondary N) is 1. The number of aromatic hydroxyl groups is 1. The number of aromatic nitrogens is 4. The van der Waals surface area contributed by atoms with E-state index in [4.69, 9.17) is 0 Å². The number of piperidine rings is 2. The van der Waals surface area contributed by atoms with Gasteiger partial charge in [-0.05, 0) is 44.0 Å². The molecule has 31 heavy (non-hydrogen) atoms. The first-order valence-electron chi connectivity index (χ1n) is 10.6. The van der Waals surface area contributed by atoms with Gasteiger partial charge in [0, 0.05) is 48.6 Å². The second-order valence-electron chi connectivity index (χ2n) is 9.33. The SMILES string of the molecule is CN(c1ccc(-c2ccc(-n3ccnc3)cc2O)nn1)[C@H]1[C@H](F)[C@]2(C)CC[C@@]1(C)CN2. The summed E-state index contributed by atoms with van der Waals surface area (Å²) in [5.41, 5.74) is 1.31. The summed E-state index contributed by atoms with van der Waals surface area (Å²) >= 11 is 0. The zero-order valence-corrected chi connectivity index (χ0v) is 18.0. The molecule has 2 bridgehead atoms. The lowest BCUT2D eigenvalue weighted by atomic mass is 9.60. The summed E-state index contributed by atoms with van der Waals surface area (Å²) in [6.07, 6.45) is 5.99. The van der Waals surface area contributed by atoms with Crippen LogP contribution in [0, 0.1) is 5.41 Å². The van der Waals surface area contributed by atoms with Crippen LogP contribution in [0.5, 0.6) is 5.75 Å². The summed E-state index contributed by atoms with van der Waals surface area (Å²) in [6, 6.07) is 8.76. The maximum Gasteiger partial charge on any atom is 0.151 e. The minimum absolute atomic E-state index is 0.113. The van der Waals surface area contributed by atoms with Crippen LogP contribution in [0.3, 0.4) is 0 Å². The first kappa shape index (κ1) is 19.9. The fraction of sp³-hybridized carbons (Fsp3) is 0.435. The molecule has 3 aliphatic rings. The summed E-state index contributed by atoms with van der Waals surface area (Å²) in [5.74, 6) is 0.741. The molecule has 6 rings (SSSR count).